The quantitative estimate of drug-likeness (QED) is 0.196. The Morgan fingerprint density at radius 1 is 0.773 bits per heavy atom. The summed E-state index contributed by atoms with van der Waals surface area (Å²) in [6.45, 7) is 2.25. The van der Waals surface area contributed by atoms with Gasteiger partial charge in [-0.25, -0.2) is 17.6 Å². The molecule has 0 aromatic heterocycles. The minimum absolute atomic E-state index is 0.112. The Labute approximate surface area is 249 Å². The highest BCUT2D eigenvalue weighted by Gasteiger charge is 2.45. The van der Waals surface area contributed by atoms with Gasteiger partial charge in [-0.15, -0.1) is 13.2 Å². The SMILES string of the molecule is CC1CCC(C(COCO)CC2CCC(C(F)(F)Oc3cc(F)c(-c4cc(F)c(OC(F)(F)F)c(F)c4)c(F)c3)CC2)CC1. The zero-order chi connectivity index (χ0) is 32.2. The molecule has 1 N–H and O–H groups in total. The minimum Gasteiger partial charge on any atom is -0.432 e. The summed E-state index contributed by atoms with van der Waals surface area (Å²) in [4.78, 5) is 0. The molecule has 13 heteroatoms. The van der Waals surface area contributed by atoms with Crippen LogP contribution in [0.3, 0.4) is 0 Å². The zero-order valence-corrected chi connectivity index (χ0v) is 24.0. The van der Waals surface area contributed by atoms with Gasteiger partial charge in [0.1, 0.15) is 24.2 Å². The largest absolute Gasteiger partial charge is 0.573 e. The Morgan fingerprint density at radius 3 is 1.86 bits per heavy atom. The van der Waals surface area contributed by atoms with E-state index in [1.54, 1.807) is 0 Å². The molecule has 2 aromatic rings. The molecule has 0 amide bonds. The lowest BCUT2D eigenvalue weighted by molar-refractivity contribution is -0.276. The van der Waals surface area contributed by atoms with E-state index in [4.69, 9.17) is 14.6 Å². The number of benzene rings is 2. The van der Waals surface area contributed by atoms with Crippen molar-refractivity contribution in [1.29, 1.82) is 0 Å². The van der Waals surface area contributed by atoms with Crippen molar-refractivity contribution in [2.75, 3.05) is 13.4 Å². The van der Waals surface area contributed by atoms with E-state index in [9.17, 15) is 30.7 Å². The molecule has 2 aliphatic carbocycles. The lowest BCUT2D eigenvalue weighted by atomic mass is 9.71. The molecule has 0 aliphatic heterocycles. The Bertz CT molecular complexity index is 1210. The Kier molecular flexibility index (Phi) is 11.0. The molecule has 1 unspecified atom stereocenters. The topological polar surface area (TPSA) is 47.9 Å². The van der Waals surface area contributed by atoms with Gasteiger partial charge in [-0.05, 0) is 86.3 Å². The third-order valence-electron chi connectivity index (χ3n) is 8.88. The lowest BCUT2D eigenvalue weighted by Gasteiger charge is -2.37. The van der Waals surface area contributed by atoms with Gasteiger partial charge in [0.25, 0.3) is 0 Å². The van der Waals surface area contributed by atoms with Crippen molar-refractivity contribution in [1.82, 2.24) is 0 Å². The first-order valence-corrected chi connectivity index (χ1v) is 14.7. The van der Waals surface area contributed by atoms with Crippen LogP contribution in [-0.2, 0) is 4.74 Å². The second kappa shape index (κ2) is 14.2. The molecular weight excluding hydrogens is 607 g/mol. The van der Waals surface area contributed by atoms with E-state index in [0.717, 1.165) is 32.1 Å². The number of aliphatic hydroxyl groups is 1. The average molecular weight is 643 g/mol. The fourth-order valence-corrected chi connectivity index (χ4v) is 6.56. The predicted octanol–water partition coefficient (Wildman–Crippen LogP) is 9.39. The molecule has 2 aromatic carbocycles. The molecule has 0 bridgehead atoms. The first-order chi connectivity index (χ1) is 20.7. The van der Waals surface area contributed by atoms with Gasteiger partial charge in [0.05, 0.1) is 18.1 Å². The maximum atomic E-state index is 15.1. The molecule has 4 rings (SSSR count). The summed E-state index contributed by atoms with van der Waals surface area (Å²) in [5.74, 6) is -9.17. The monoisotopic (exact) mass is 642 g/mol. The predicted molar refractivity (Wildman–Crippen MR) is 142 cm³/mol. The molecule has 0 spiro atoms. The van der Waals surface area contributed by atoms with Crippen LogP contribution in [0.2, 0.25) is 0 Å². The van der Waals surface area contributed by atoms with Crippen molar-refractivity contribution < 1.29 is 58.8 Å². The maximum Gasteiger partial charge on any atom is 0.573 e. The van der Waals surface area contributed by atoms with E-state index >= 15 is 8.78 Å². The summed E-state index contributed by atoms with van der Waals surface area (Å²) in [5.41, 5.74) is -1.86. The van der Waals surface area contributed by atoms with E-state index in [1.165, 1.54) is 0 Å². The number of hydrogen-bond donors (Lipinski definition) is 1. The van der Waals surface area contributed by atoms with Gasteiger partial charge in [-0.3, -0.25) is 0 Å². The Balaban J connectivity index is 1.40. The number of halogens is 9. The van der Waals surface area contributed by atoms with Crippen LogP contribution in [0.1, 0.15) is 64.7 Å². The number of alkyl halides is 5. The summed E-state index contributed by atoms with van der Waals surface area (Å²) in [6, 6.07) is 1.30. The number of hydrogen-bond acceptors (Lipinski definition) is 4. The Morgan fingerprint density at radius 2 is 1.34 bits per heavy atom. The van der Waals surface area contributed by atoms with Crippen LogP contribution >= 0.6 is 0 Å². The van der Waals surface area contributed by atoms with Crippen LogP contribution < -0.4 is 9.47 Å². The smallest absolute Gasteiger partial charge is 0.432 e. The molecule has 44 heavy (non-hydrogen) atoms. The van der Waals surface area contributed by atoms with E-state index in [-0.39, 0.29) is 43.6 Å². The lowest BCUT2D eigenvalue weighted by Crippen LogP contribution is -2.38. The summed E-state index contributed by atoms with van der Waals surface area (Å²) in [6.07, 6.45) is -2.82. The van der Waals surface area contributed by atoms with Crippen LogP contribution in [0.15, 0.2) is 24.3 Å². The first-order valence-electron chi connectivity index (χ1n) is 14.7. The van der Waals surface area contributed by atoms with Gasteiger partial charge < -0.3 is 19.3 Å². The molecule has 0 heterocycles. The standard InChI is InChI=1S/C31H35F9O4/c1-17-2-6-19(7-3-17)21(15-42-16-41)10-18-4-8-22(9-5-18)30(36,37)43-23-13-24(32)28(25(33)14-23)20-11-26(34)29(27(35)12-20)44-31(38,39)40/h11-14,17-19,21-22,41H,2-10,15-16H2,1H3. The molecule has 2 saturated carbocycles. The number of ether oxygens (including phenoxy) is 3. The second-order valence-corrected chi connectivity index (χ2v) is 12.0. The third-order valence-corrected chi connectivity index (χ3v) is 8.88. The molecule has 0 saturated heterocycles. The van der Waals surface area contributed by atoms with Gasteiger partial charge in [-0.1, -0.05) is 19.8 Å². The molecule has 4 nitrogen and oxygen atoms in total. The Hall–Kier alpha value is -2.67. The van der Waals surface area contributed by atoms with Crippen LogP contribution in [0, 0.1) is 52.9 Å². The van der Waals surface area contributed by atoms with Gasteiger partial charge in [0, 0.05) is 12.1 Å². The van der Waals surface area contributed by atoms with Crippen molar-refractivity contribution in [3.8, 4) is 22.6 Å². The van der Waals surface area contributed by atoms with E-state index in [2.05, 4.69) is 11.7 Å². The highest BCUT2D eigenvalue weighted by molar-refractivity contribution is 5.67. The minimum atomic E-state index is -5.42. The van der Waals surface area contributed by atoms with Gasteiger partial charge in [-0.2, -0.15) is 8.78 Å². The summed E-state index contributed by atoms with van der Waals surface area (Å²) >= 11 is 0. The maximum absolute atomic E-state index is 15.1. The third kappa shape index (κ3) is 8.74. The fraction of sp³-hybridized carbons (Fsp3) is 0.613. The molecule has 0 radical (unpaired) electrons. The zero-order valence-electron chi connectivity index (χ0n) is 24.0. The number of aliphatic hydroxyl groups excluding tert-OH is 1. The van der Waals surface area contributed by atoms with Crippen molar-refractivity contribution in [3.63, 3.8) is 0 Å². The average Bonchev–Trinajstić information content (AvgIpc) is 2.93. The summed E-state index contributed by atoms with van der Waals surface area (Å²) in [7, 11) is 0. The molecule has 246 valence electrons. The summed E-state index contributed by atoms with van der Waals surface area (Å²) < 4.78 is 139. The molecular formula is C31H35F9O4. The van der Waals surface area contributed by atoms with E-state index in [1.807, 2.05) is 0 Å². The van der Waals surface area contributed by atoms with Crippen molar-refractivity contribution in [3.05, 3.63) is 47.5 Å². The van der Waals surface area contributed by atoms with Gasteiger partial charge in [0.2, 0.25) is 5.75 Å². The van der Waals surface area contributed by atoms with Gasteiger partial charge >= 0.3 is 12.5 Å². The van der Waals surface area contributed by atoms with Gasteiger partial charge in [0.15, 0.2) is 11.6 Å². The van der Waals surface area contributed by atoms with Crippen molar-refractivity contribution >= 4 is 0 Å². The van der Waals surface area contributed by atoms with Crippen LogP contribution in [0.5, 0.6) is 11.5 Å². The summed E-state index contributed by atoms with van der Waals surface area (Å²) in [5, 5.41) is 9.14. The molecule has 1 atom stereocenters. The molecule has 2 aliphatic rings. The first kappa shape index (κ1) is 34.2. The van der Waals surface area contributed by atoms with E-state index in [0.29, 0.717) is 43.4 Å². The molecule has 2 fully saturated rings. The highest BCUT2D eigenvalue weighted by Crippen LogP contribution is 2.44. The normalized spacial score (nSPS) is 23.8. The fourth-order valence-electron chi connectivity index (χ4n) is 6.56. The second-order valence-electron chi connectivity index (χ2n) is 12.0. The highest BCUT2D eigenvalue weighted by atomic mass is 19.4. The van der Waals surface area contributed by atoms with Crippen LogP contribution in [-0.4, -0.2) is 31.0 Å². The van der Waals surface area contributed by atoms with Crippen molar-refractivity contribution in [2.24, 2.45) is 29.6 Å². The van der Waals surface area contributed by atoms with Crippen LogP contribution in [0.25, 0.3) is 11.1 Å². The van der Waals surface area contributed by atoms with Crippen molar-refractivity contribution in [2.45, 2.75) is 77.2 Å². The van der Waals surface area contributed by atoms with E-state index < -0.39 is 64.3 Å². The van der Waals surface area contributed by atoms with Crippen LogP contribution in [0.4, 0.5) is 39.5 Å². The number of rotatable bonds is 11.